The first kappa shape index (κ1) is 16.9. The van der Waals surface area contributed by atoms with Gasteiger partial charge < -0.3 is 15.0 Å². The second kappa shape index (κ2) is 7.71. The van der Waals surface area contributed by atoms with Crippen molar-refractivity contribution in [2.45, 2.75) is 13.8 Å². The Morgan fingerprint density at radius 1 is 1.27 bits per heavy atom. The Balaban J connectivity index is 1.91. The molecule has 1 fully saturated rings. The van der Waals surface area contributed by atoms with Crippen LogP contribution >= 0.6 is 11.3 Å². The summed E-state index contributed by atoms with van der Waals surface area (Å²) in [6.45, 7) is 9.24. The van der Waals surface area contributed by atoms with Gasteiger partial charge in [-0.05, 0) is 19.5 Å². The zero-order chi connectivity index (χ0) is 16.1. The number of amides is 1. The molecular weight excluding hydrogens is 302 g/mol. The van der Waals surface area contributed by atoms with Crippen LogP contribution < -0.4 is 5.32 Å². The van der Waals surface area contributed by atoms with Crippen LogP contribution in [-0.4, -0.2) is 68.1 Å². The summed E-state index contributed by atoms with van der Waals surface area (Å²) < 4.78 is 4.75. The largest absolute Gasteiger partial charge is 0.465 e. The normalized spacial score (nSPS) is 16.5. The lowest BCUT2D eigenvalue weighted by Crippen LogP contribution is -2.48. The number of piperazine rings is 1. The number of hydrogen-bond donors (Lipinski definition) is 1. The Kier molecular flexibility index (Phi) is 5.93. The van der Waals surface area contributed by atoms with Gasteiger partial charge in [0.05, 0.1) is 19.2 Å². The van der Waals surface area contributed by atoms with Crippen LogP contribution in [0.25, 0.3) is 0 Å². The van der Waals surface area contributed by atoms with Crippen LogP contribution in [0.5, 0.6) is 0 Å². The summed E-state index contributed by atoms with van der Waals surface area (Å²) in [5.41, 5.74) is 0.425. The van der Waals surface area contributed by atoms with E-state index in [-0.39, 0.29) is 5.91 Å². The second-order valence-electron chi connectivity index (χ2n) is 5.35. The number of rotatable bonds is 5. The number of esters is 1. The van der Waals surface area contributed by atoms with Crippen LogP contribution in [0.2, 0.25) is 0 Å². The highest BCUT2D eigenvalue weighted by Gasteiger charge is 2.20. The second-order valence-corrected chi connectivity index (χ2v) is 6.61. The molecule has 0 spiro atoms. The molecule has 1 N–H and O–H groups in total. The van der Waals surface area contributed by atoms with Crippen LogP contribution in [0, 0.1) is 6.92 Å². The summed E-state index contributed by atoms with van der Waals surface area (Å²) in [6.07, 6.45) is 0. The molecule has 0 atom stereocenters. The molecule has 7 heteroatoms. The van der Waals surface area contributed by atoms with Crippen molar-refractivity contribution in [3.63, 3.8) is 0 Å². The monoisotopic (exact) mass is 325 g/mol. The van der Waals surface area contributed by atoms with Gasteiger partial charge in [0.1, 0.15) is 5.00 Å². The van der Waals surface area contributed by atoms with Crippen LogP contribution in [0.15, 0.2) is 6.07 Å². The van der Waals surface area contributed by atoms with Crippen molar-refractivity contribution in [2.75, 3.05) is 51.7 Å². The van der Waals surface area contributed by atoms with Gasteiger partial charge in [-0.15, -0.1) is 11.3 Å². The van der Waals surface area contributed by atoms with Crippen LogP contribution in [0.3, 0.4) is 0 Å². The molecule has 0 saturated carbocycles. The van der Waals surface area contributed by atoms with Gasteiger partial charge in [-0.1, -0.05) is 6.92 Å². The molecule has 0 aromatic carbocycles. The van der Waals surface area contributed by atoms with Crippen molar-refractivity contribution in [3.05, 3.63) is 16.5 Å². The van der Waals surface area contributed by atoms with E-state index in [1.54, 1.807) is 6.07 Å². The number of carbonyl (C=O) groups excluding carboxylic acids is 2. The van der Waals surface area contributed by atoms with Crippen molar-refractivity contribution < 1.29 is 14.3 Å². The molecule has 6 nitrogen and oxygen atoms in total. The average Bonchev–Trinajstić information content (AvgIpc) is 2.87. The van der Waals surface area contributed by atoms with Crippen LogP contribution in [0.4, 0.5) is 5.00 Å². The zero-order valence-corrected chi connectivity index (χ0v) is 14.2. The summed E-state index contributed by atoms with van der Waals surface area (Å²) in [7, 11) is 1.34. The molecule has 1 aromatic rings. The molecule has 1 aliphatic heterocycles. The number of anilines is 1. The summed E-state index contributed by atoms with van der Waals surface area (Å²) in [5, 5.41) is 3.41. The van der Waals surface area contributed by atoms with E-state index in [4.69, 9.17) is 4.74 Å². The highest BCUT2D eigenvalue weighted by Crippen LogP contribution is 2.28. The fourth-order valence-electron chi connectivity index (χ4n) is 2.50. The van der Waals surface area contributed by atoms with Crippen molar-refractivity contribution in [1.82, 2.24) is 9.80 Å². The molecule has 0 aliphatic carbocycles. The van der Waals surface area contributed by atoms with E-state index in [0.717, 1.165) is 37.6 Å². The van der Waals surface area contributed by atoms with Gasteiger partial charge in [0.25, 0.3) is 0 Å². The van der Waals surface area contributed by atoms with Crippen LogP contribution in [0.1, 0.15) is 22.2 Å². The predicted molar refractivity (Wildman–Crippen MR) is 87.6 cm³/mol. The lowest BCUT2D eigenvalue weighted by molar-refractivity contribution is -0.117. The predicted octanol–water partition coefficient (Wildman–Crippen LogP) is 1.42. The van der Waals surface area contributed by atoms with Gasteiger partial charge in [-0.2, -0.15) is 0 Å². The minimum absolute atomic E-state index is 0.0862. The molecule has 1 amide bonds. The molecule has 0 bridgehead atoms. The van der Waals surface area contributed by atoms with Gasteiger partial charge in [-0.3, -0.25) is 9.69 Å². The maximum absolute atomic E-state index is 12.2. The molecule has 0 radical (unpaired) electrons. The molecular formula is C15H23N3O3S. The number of aryl methyl sites for hydroxylation is 1. The zero-order valence-electron chi connectivity index (χ0n) is 13.3. The number of nitrogens with zero attached hydrogens (tertiary/aromatic N) is 2. The fourth-order valence-corrected chi connectivity index (χ4v) is 3.42. The number of carbonyl (C=O) groups is 2. The topological polar surface area (TPSA) is 61.9 Å². The van der Waals surface area contributed by atoms with E-state index in [2.05, 4.69) is 22.0 Å². The highest BCUT2D eigenvalue weighted by atomic mass is 32.1. The van der Waals surface area contributed by atoms with Gasteiger partial charge >= 0.3 is 5.97 Å². The van der Waals surface area contributed by atoms with E-state index in [0.29, 0.717) is 17.1 Å². The quantitative estimate of drug-likeness (QED) is 0.830. The van der Waals surface area contributed by atoms with Gasteiger partial charge in [0.2, 0.25) is 5.91 Å². The number of nitrogens with one attached hydrogen (secondary N) is 1. The van der Waals surface area contributed by atoms with Crippen molar-refractivity contribution in [2.24, 2.45) is 0 Å². The van der Waals surface area contributed by atoms with Crippen LogP contribution in [-0.2, 0) is 9.53 Å². The molecule has 122 valence electrons. The lowest BCUT2D eigenvalue weighted by atomic mass is 10.3. The Bertz CT molecular complexity index is 536. The molecule has 0 unspecified atom stereocenters. The van der Waals surface area contributed by atoms with Crippen molar-refractivity contribution in [3.8, 4) is 0 Å². The van der Waals surface area contributed by atoms with E-state index >= 15 is 0 Å². The van der Waals surface area contributed by atoms with Gasteiger partial charge in [0, 0.05) is 31.1 Å². The van der Waals surface area contributed by atoms with Gasteiger partial charge in [-0.25, -0.2) is 4.79 Å². The average molecular weight is 325 g/mol. The number of thiophene rings is 1. The minimum atomic E-state index is -0.420. The maximum Gasteiger partial charge on any atom is 0.340 e. The first-order valence-electron chi connectivity index (χ1n) is 7.46. The van der Waals surface area contributed by atoms with Crippen molar-refractivity contribution in [1.29, 1.82) is 0 Å². The Morgan fingerprint density at radius 3 is 2.50 bits per heavy atom. The number of methoxy groups -OCH3 is 1. The molecule has 2 heterocycles. The number of ether oxygens (including phenoxy) is 1. The standard InChI is InChI=1S/C15H23N3O3S/c1-4-17-5-7-18(8-6-17)10-13(19)16-14-12(15(20)21-3)9-11(2)22-14/h9H,4-8,10H2,1-3H3,(H,16,19). The van der Waals surface area contributed by atoms with E-state index in [1.165, 1.54) is 18.4 Å². The first-order chi connectivity index (χ1) is 10.5. The first-order valence-corrected chi connectivity index (χ1v) is 8.28. The third-order valence-electron chi connectivity index (χ3n) is 3.79. The molecule has 1 aliphatic rings. The summed E-state index contributed by atoms with van der Waals surface area (Å²) in [4.78, 5) is 29.4. The third-order valence-corrected chi connectivity index (χ3v) is 4.76. The molecule has 1 saturated heterocycles. The van der Waals surface area contributed by atoms with E-state index < -0.39 is 5.97 Å². The summed E-state index contributed by atoms with van der Waals surface area (Å²) in [6, 6.07) is 1.74. The lowest BCUT2D eigenvalue weighted by Gasteiger charge is -2.33. The van der Waals surface area contributed by atoms with Gasteiger partial charge in [0.15, 0.2) is 0 Å². The summed E-state index contributed by atoms with van der Waals surface area (Å²) in [5.74, 6) is -0.506. The fraction of sp³-hybridized carbons (Fsp3) is 0.600. The van der Waals surface area contributed by atoms with E-state index in [1.807, 2.05) is 6.92 Å². The molecule has 22 heavy (non-hydrogen) atoms. The smallest absolute Gasteiger partial charge is 0.340 e. The number of likely N-dealkylation sites (N-methyl/N-ethyl adjacent to an activating group) is 1. The molecule has 1 aromatic heterocycles. The Morgan fingerprint density at radius 2 is 1.91 bits per heavy atom. The van der Waals surface area contributed by atoms with E-state index in [9.17, 15) is 9.59 Å². The number of hydrogen-bond acceptors (Lipinski definition) is 6. The third kappa shape index (κ3) is 4.28. The Labute approximate surface area is 135 Å². The van der Waals surface area contributed by atoms with Crippen molar-refractivity contribution >= 4 is 28.2 Å². The Hall–Kier alpha value is -1.44. The maximum atomic E-state index is 12.2. The highest BCUT2D eigenvalue weighted by molar-refractivity contribution is 7.16. The molecule has 2 rings (SSSR count). The minimum Gasteiger partial charge on any atom is -0.465 e. The summed E-state index contributed by atoms with van der Waals surface area (Å²) >= 11 is 1.39. The SMILES string of the molecule is CCN1CCN(CC(=O)Nc2sc(C)cc2C(=O)OC)CC1.